The van der Waals surface area contributed by atoms with E-state index < -0.39 is 5.97 Å². The predicted molar refractivity (Wildman–Crippen MR) is 91.3 cm³/mol. The van der Waals surface area contributed by atoms with Crippen LogP contribution in [0.4, 0.5) is 5.69 Å². The lowest BCUT2D eigenvalue weighted by Crippen LogP contribution is -2.11. The van der Waals surface area contributed by atoms with Gasteiger partial charge in [-0.25, -0.2) is 4.98 Å². The lowest BCUT2D eigenvalue weighted by molar-refractivity contribution is -0.136. The Kier molecular flexibility index (Phi) is 4.85. The number of nitrogens with one attached hydrogen (secondary N) is 1. The van der Waals surface area contributed by atoms with Gasteiger partial charge in [0.2, 0.25) is 0 Å². The Hall–Kier alpha value is -2.21. The summed E-state index contributed by atoms with van der Waals surface area (Å²) in [6.45, 7) is 8.02. The summed E-state index contributed by atoms with van der Waals surface area (Å²) in [4.78, 5) is 28.2. The Labute approximate surface area is 139 Å². The summed E-state index contributed by atoms with van der Waals surface area (Å²) in [5.41, 5.74) is 1.96. The topological polar surface area (TPSA) is 79.3 Å². The zero-order valence-corrected chi connectivity index (χ0v) is 14.5. The molecule has 0 aliphatic carbocycles. The van der Waals surface area contributed by atoms with Gasteiger partial charge in [0.05, 0.1) is 17.1 Å². The van der Waals surface area contributed by atoms with Gasteiger partial charge in [-0.15, -0.1) is 11.3 Å². The molecule has 6 heteroatoms. The van der Waals surface area contributed by atoms with Crippen molar-refractivity contribution in [1.82, 2.24) is 4.98 Å². The fourth-order valence-corrected chi connectivity index (χ4v) is 3.02. The van der Waals surface area contributed by atoms with E-state index in [1.165, 1.54) is 11.3 Å². The van der Waals surface area contributed by atoms with E-state index in [1.54, 1.807) is 24.3 Å². The Bertz CT molecular complexity index is 727. The molecule has 0 saturated heterocycles. The maximum Gasteiger partial charge on any atom is 0.307 e. The molecule has 5 nitrogen and oxygen atoms in total. The smallest absolute Gasteiger partial charge is 0.307 e. The second kappa shape index (κ2) is 6.50. The predicted octanol–water partition coefficient (Wildman–Crippen LogP) is 3.63. The third kappa shape index (κ3) is 4.39. The molecule has 0 aliphatic heterocycles. The van der Waals surface area contributed by atoms with Crippen LogP contribution < -0.4 is 5.32 Å². The summed E-state index contributed by atoms with van der Waals surface area (Å²) < 4.78 is 0. The molecule has 0 radical (unpaired) electrons. The van der Waals surface area contributed by atoms with Crippen LogP contribution in [-0.4, -0.2) is 22.0 Å². The molecule has 2 N–H and O–H groups in total. The minimum Gasteiger partial charge on any atom is -0.481 e. The highest BCUT2D eigenvalue weighted by Gasteiger charge is 2.23. The number of aromatic nitrogens is 1. The highest BCUT2D eigenvalue weighted by Crippen LogP contribution is 2.29. The van der Waals surface area contributed by atoms with Crippen LogP contribution in [0.25, 0.3) is 0 Å². The molecule has 1 amide bonds. The van der Waals surface area contributed by atoms with Crippen molar-refractivity contribution in [3.63, 3.8) is 0 Å². The van der Waals surface area contributed by atoms with Crippen LogP contribution in [0.2, 0.25) is 0 Å². The number of rotatable bonds is 4. The zero-order chi connectivity index (χ0) is 17.2. The SMILES string of the molecule is Cc1nc(C(C)(C)C)sc1C(=O)Nc1ccc(CC(=O)O)cc1. The molecular weight excluding hydrogens is 312 g/mol. The van der Waals surface area contributed by atoms with Gasteiger partial charge in [-0.1, -0.05) is 32.9 Å². The standard InChI is InChI=1S/C17H20N2O3S/c1-10-14(23-16(18-10)17(2,3)4)15(22)19-12-7-5-11(6-8-12)9-13(20)21/h5-8H,9H2,1-4H3,(H,19,22)(H,20,21). The van der Waals surface area contributed by atoms with Gasteiger partial charge in [0, 0.05) is 11.1 Å². The number of anilines is 1. The van der Waals surface area contributed by atoms with Crippen molar-refractivity contribution in [3.8, 4) is 0 Å². The maximum absolute atomic E-state index is 12.4. The van der Waals surface area contributed by atoms with E-state index in [0.717, 1.165) is 10.7 Å². The Morgan fingerprint density at radius 3 is 2.30 bits per heavy atom. The van der Waals surface area contributed by atoms with E-state index >= 15 is 0 Å². The minimum atomic E-state index is -0.878. The van der Waals surface area contributed by atoms with E-state index in [0.29, 0.717) is 16.1 Å². The van der Waals surface area contributed by atoms with E-state index in [9.17, 15) is 9.59 Å². The molecule has 0 unspecified atom stereocenters. The Morgan fingerprint density at radius 1 is 1.22 bits per heavy atom. The summed E-state index contributed by atoms with van der Waals surface area (Å²) in [5.74, 6) is -1.07. The molecule has 1 aromatic heterocycles. The molecule has 1 heterocycles. The van der Waals surface area contributed by atoms with E-state index in [1.807, 2.05) is 6.92 Å². The number of benzene rings is 1. The average Bonchev–Trinajstić information content (AvgIpc) is 2.82. The van der Waals surface area contributed by atoms with Crippen LogP contribution in [0.1, 0.15) is 46.7 Å². The van der Waals surface area contributed by atoms with Gasteiger partial charge >= 0.3 is 5.97 Å². The first kappa shape index (κ1) is 17.1. The average molecular weight is 332 g/mol. The number of aryl methyl sites for hydroxylation is 1. The molecule has 2 aromatic rings. The molecule has 23 heavy (non-hydrogen) atoms. The fourth-order valence-electron chi connectivity index (χ4n) is 2.00. The number of nitrogens with zero attached hydrogens (tertiary/aromatic N) is 1. The van der Waals surface area contributed by atoms with Crippen LogP contribution in [0.5, 0.6) is 0 Å². The molecule has 0 saturated carbocycles. The maximum atomic E-state index is 12.4. The molecular formula is C17H20N2O3S. The molecule has 0 bridgehead atoms. The van der Waals surface area contributed by atoms with Gasteiger partial charge in [-0.2, -0.15) is 0 Å². The number of carbonyl (C=O) groups excluding carboxylic acids is 1. The van der Waals surface area contributed by atoms with Crippen molar-refractivity contribution >= 4 is 28.9 Å². The third-order valence-electron chi connectivity index (χ3n) is 3.21. The zero-order valence-electron chi connectivity index (χ0n) is 13.6. The minimum absolute atomic E-state index is 0.0306. The van der Waals surface area contributed by atoms with Gasteiger partial charge in [0.1, 0.15) is 4.88 Å². The van der Waals surface area contributed by atoms with Crippen molar-refractivity contribution in [2.75, 3.05) is 5.32 Å². The number of hydrogen-bond acceptors (Lipinski definition) is 4. The lowest BCUT2D eigenvalue weighted by atomic mass is 9.98. The molecule has 0 atom stereocenters. The van der Waals surface area contributed by atoms with E-state index in [2.05, 4.69) is 31.1 Å². The van der Waals surface area contributed by atoms with Gasteiger partial charge in [0.15, 0.2) is 0 Å². The first-order valence-corrected chi connectivity index (χ1v) is 8.08. The highest BCUT2D eigenvalue weighted by molar-refractivity contribution is 7.14. The Balaban J connectivity index is 2.13. The molecule has 0 spiro atoms. The van der Waals surface area contributed by atoms with Crippen molar-refractivity contribution < 1.29 is 14.7 Å². The number of amides is 1. The second-order valence-corrected chi connectivity index (χ2v) is 7.40. The number of carboxylic acids is 1. The summed E-state index contributed by atoms with van der Waals surface area (Å²) in [5, 5.41) is 12.5. The fraction of sp³-hybridized carbons (Fsp3) is 0.353. The van der Waals surface area contributed by atoms with Gasteiger partial charge in [-0.3, -0.25) is 9.59 Å². The highest BCUT2D eigenvalue weighted by atomic mass is 32.1. The normalized spacial score (nSPS) is 11.3. The van der Waals surface area contributed by atoms with Crippen LogP contribution in [0.3, 0.4) is 0 Å². The van der Waals surface area contributed by atoms with Crippen molar-refractivity contribution in [2.45, 2.75) is 39.5 Å². The summed E-state index contributed by atoms with van der Waals surface area (Å²) >= 11 is 1.40. The molecule has 0 aliphatic rings. The largest absolute Gasteiger partial charge is 0.481 e. The first-order valence-electron chi connectivity index (χ1n) is 7.27. The van der Waals surface area contributed by atoms with Crippen LogP contribution in [-0.2, 0) is 16.6 Å². The van der Waals surface area contributed by atoms with Gasteiger partial charge < -0.3 is 10.4 Å². The summed E-state index contributed by atoms with van der Waals surface area (Å²) in [7, 11) is 0. The van der Waals surface area contributed by atoms with Crippen LogP contribution in [0, 0.1) is 6.92 Å². The van der Waals surface area contributed by atoms with Crippen LogP contribution in [0.15, 0.2) is 24.3 Å². The number of carbonyl (C=O) groups is 2. The number of carboxylic acid groups (broad SMARTS) is 1. The monoisotopic (exact) mass is 332 g/mol. The second-order valence-electron chi connectivity index (χ2n) is 6.41. The van der Waals surface area contributed by atoms with Crippen molar-refractivity contribution in [1.29, 1.82) is 0 Å². The third-order valence-corrected chi connectivity index (χ3v) is 4.79. The Morgan fingerprint density at radius 2 is 1.83 bits per heavy atom. The van der Waals surface area contributed by atoms with Crippen molar-refractivity contribution in [2.24, 2.45) is 0 Å². The molecule has 0 fully saturated rings. The lowest BCUT2D eigenvalue weighted by Gasteiger charge is -2.13. The quantitative estimate of drug-likeness (QED) is 0.896. The van der Waals surface area contributed by atoms with Gasteiger partial charge in [0.25, 0.3) is 5.91 Å². The van der Waals surface area contributed by atoms with Gasteiger partial charge in [-0.05, 0) is 24.6 Å². The first-order chi connectivity index (χ1) is 10.7. The number of aliphatic carboxylic acids is 1. The number of hydrogen-bond donors (Lipinski definition) is 2. The summed E-state index contributed by atoms with van der Waals surface area (Å²) in [6.07, 6.45) is -0.0306. The van der Waals surface area contributed by atoms with E-state index in [-0.39, 0.29) is 17.7 Å². The van der Waals surface area contributed by atoms with E-state index in [4.69, 9.17) is 5.11 Å². The summed E-state index contributed by atoms with van der Waals surface area (Å²) in [6, 6.07) is 6.81. The van der Waals surface area contributed by atoms with Crippen molar-refractivity contribution in [3.05, 3.63) is 45.4 Å². The molecule has 2 rings (SSSR count). The molecule has 1 aromatic carbocycles. The van der Waals surface area contributed by atoms with Crippen LogP contribution >= 0.6 is 11.3 Å². The number of thiazole rings is 1. The molecule has 122 valence electrons.